The van der Waals surface area contributed by atoms with E-state index >= 15 is 0 Å². The van der Waals surface area contributed by atoms with Gasteiger partial charge in [-0.1, -0.05) is 30.0 Å². The third kappa shape index (κ3) is 6.04. The van der Waals surface area contributed by atoms with E-state index in [1.54, 1.807) is 48.5 Å². The van der Waals surface area contributed by atoms with E-state index in [1.165, 1.54) is 19.3 Å². The first-order valence-electron chi connectivity index (χ1n) is 7.20. The Hall–Kier alpha value is -2.67. The Balaban J connectivity index is 1.97. The number of thioether (sulfide) groups is 1. The Morgan fingerprint density at radius 1 is 1.16 bits per heavy atom. The number of carbonyl (C=O) groups excluding carboxylic acids is 2. The van der Waals surface area contributed by atoms with Gasteiger partial charge in [-0.15, -0.1) is 0 Å². The van der Waals surface area contributed by atoms with E-state index in [2.05, 4.69) is 10.1 Å². The van der Waals surface area contributed by atoms with Gasteiger partial charge in [0.2, 0.25) is 5.91 Å². The van der Waals surface area contributed by atoms with Gasteiger partial charge >= 0.3 is 5.97 Å². The van der Waals surface area contributed by atoms with E-state index in [1.807, 2.05) is 0 Å². The Kier molecular flexibility index (Phi) is 6.71. The van der Waals surface area contributed by atoms with Gasteiger partial charge in [-0.3, -0.25) is 4.79 Å². The third-order valence-corrected chi connectivity index (χ3v) is 3.79. The first-order chi connectivity index (χ1) is 12.0. The second-order valence-electron chi connectivity index (χ2n) is 4.84. The molecule has 130 valence electrons. The molecule has 0 aliphatic carbocycles. The summed E-state index contributed by atoms with van der Waals surface area (Å²) in [5.41, 5.74) is 1.57. The zero-order valence-electron chi connectivity index (χ0n) is 13.2. The second-order valence-corrected chi connectivity index (χ2v) is 5.91. The maximum absolute atomic E-state index is 12.4. The molecule has 0 radical (unpaired) electrons. The van der Waals surface area contributed by atoms with Crippen LogP contribution in [0.3, 0.4) is 0 Å². The monoisotopic (exact) mass is 363 g/mol. The maximum atomic E-state index is 12.4. The molecule has 0 bridgehead atoms. The fraction of sp³-hybridized carbons (Fsp3) is 0.111. The summed E-state index contributed by atoms with van der Waals surface area (Å²) in [6.07, 6.45) is 2.90. The number of halogens is 2. The molecule has 1 N–H and O–H groups in total. The molecule has 1 amide bonds. The fourth-order valence-electron chi connectivity index (χ4n) is 1.95. The molecule has 4 nitrogen and oxygen atoms in total. The molecule has 0 atom stereocenters. The van der Waals surface area contributed by atoms with Crippen LogP contribution < -0.4 is 5.32 Å². The van der Waals surface area contributed by atoms with Crippen molar-refractivity contribution in [3.63, 3.8) is 0 Å². The predicted octanol–water partition coefficient (Wildman–Crippen LogP) is 4.44. The Morgan fingerprint density at radius 3 is 2.52 bits per heavy atom. The normalized spacial score (nSPS) is 10.9. The number of alkyl halides is 2. The number of amides is 1. The number of hydrogen-bond donors (Lipinski definition) is 1. The molecule has 0 saturated heterocycles. The van der Waals surface area contributed by atoms with Crippen LogP contribution in [-0.2, 0) is 9.53 Å². The van der Waals surface area contributed by atoms with Crippen molar-refractivity contribution in [2.75, 3.05) is 12.4 Å². The Labute approximate surface area is 147 Å². The highest BCUT2D eigenvalue weighted by atomic mass is 32.2. The van der Waals surface area contributed by atoms with E-state index in [9.17, 15) is 18.4 Å². The molecule has 0 fully saturated rings. The number of nitrogens with one attached hydrogen (secondary N) is 1. The van der Waals surface area contributed by atoms with Crippen LogP contribution in [0, 0.1) is 0 Å². The molecule has 7 heteroatoms. The number of anilines is 1. The number of rotatable bonds is 6. The van der Waals surface area contributed by atoms with Crippen LogP contribution in [0.25, 0.3) is 6.08 Å². The first kappa shape index (κ1) is 18.7. The molecule has 2 aromatic rings. The molecular formula is C18H15F2NO3S. The zero-order valence-corrected chi connectivity index (χ0v) is 14.1. The smallest absolute Gasteiger partial charge is 0.337 e. The standard InChI is InChI=1S/C18H15F2NO3S/c1-24-17(23)13-8-5-12(6-9-13)7-10-16(22)21-14-3-2-4-15(11-14)25-18(19)20/h2-11,18H,1H3,(H,21,22). The maximum Gasteiger partial charge on any atom is 0.337 e. The van der Waals surface area contributed by atoms with E-state index in [0.29, 0.717) is 27.9 Å². The Bertz CT molecular complexity index is 776. The van der Waals surface area contributed by atoms with Crippen LogP contribution in [0.15, 0.2) is 59.5 Å². The molecule has 2 aromatic carbocycles. The highest BCUT2D eigenvalue weighted by molar-refractivity contribution is 7.99. The Morgan fingerprint density at radius 2 is 1.88 bits per heavy atom. The largest absolute Gasteiger partial charge is 0.465 e. The summed E-state index contributed by atoms with van der Waals surface area (Å²) in [7, 11) is 1.30. The van der Waals surface area contributed by atoms with E-state index in [4.69, 9.17) is 0 Å². The molecule has 0 unspecified atom stereocenters. The van der Waals surface area contributed by atoms with E-state index in [0.717, 1.165) is 5.56 Å². The van der Waals surface area contributed by atoms with Gasteiger partial charge in [0.15, 0.2) is 0 Å². The van der Waals surface area contributed by atoms with Crippen molar-refractivity contribution in [3.05, 3.63) is 65.7 Å². The van der Waals surface area contributed by atoms with Crippen LogP contribution in [-0.4, -0.2) is 24.7 Å². The van der Waals surface area contributed by atoms with E-state index in [-0.39, 0.29) is 0 Å². The molecule has 2 rings (SSSR count). The van der Waals surface area contributed by atoms with Crippen molar-refractivity contribution in [1.82, 2.24) is 0 Å². The summed E-state index contributed by atoms with van der Waals surface area (Å²) < 4.78 is 29.3. The molecule has 0 aromatic heterocycles. The summed E-state index contributed by atoms with van der Waals surface area (Å²) >= 11 is 0.415. The molecule has 0 heterocycles. The molecular weight excluding hydrogens is 348 g/mol. The van der Waals surface area contributed by atoms with Gasteiger partial charge in [0, 0.05) is 16.7 Å². The van der Waals surface area contributed by atoms with Crippen molar-refractivity contribution in [2.45, 2.75) is 10.7 Å². The number of ether oxygens (including phenoxy) is 1. The molecule has 25 heavy (non-hydrogen) atoms. The van der Waals surface area contributed by atoms with Gasteiger partial charge in [0.05, 0.1) is 12.7 Å². The fourth-order valence-corrected chi connectivity index (χ4v) is 2.51. The van der Waals surface area contributed by atoms with Crippen LogP contribution in [0.2, 0.25) is 0 Å². The van der Waals surface area contributed by atoms with Gasteiger partial charge < -0.3 is 10.1 Å². The minimum absolute atomic E-state index is 0.371. The number of benzene rings is 2. The average Bonchev–Trinajstić information content (AvgIpc) is 2.59. The summed E-state index contributed by atoms with van der Waals surface area (Å²) in [4.78, 5) is 23.6. The molecule has 0 aliphatic rings. The SMILES string of the molecule is COC(=O)c1ccc(C=CC(=O)Nc2cccc(SC(F)F)c2)cc1. The summed E-state index contributed by atoms with van der Waals surface area (Å²) in [5, 5.41) is 2.61. The van der Waals surface area contributed by atoms with Gasteiger partial charge in [-0.05, 0) is 42.0 Å². The predicted molar refractivity (Wildman–Crippen MR) is 93.7 cm³/mol. The van der Waals surface area contributed by atoms with Crippen molar-refractivity contribution in [2.24, 2.45) is 0 Å². The van der Waals surface area contributed by atoms with Crippen LogP contribution in [0.1, 0.15) is 15.9 Å². The third-order valence-electron chi connectivity index (χ3n) is 3.09. The highest BCUT2D eigenvalue weighted by Crippen LogP contribution is 2.27. The van der Waals surface area contributed by atoms with Crippen molar-refractivity contribution < 1.29 is 23.1 Å². The molecule has 0 spiro atoms. The second kappa shape index (κ2) is 8.98. The van der Waals surface area contributed by atoms with Crippen molar-refractivity contribution >= 4 is 35.4 Å². The number of esters is 1. The lowest BCUT2D eigenvalue weighted by molar-refractivity contribution is -0.111. The number of hydrogen-bond acceptors (Lipinski definition) is 4. The minimum Gasteiger partial charge on any atom is -0.465 e. The lowest BCUT2D eigenvalue weighted by atomic mass is 10.1. The van der Waals surface area contributed by atoms with Gasteiger partial charge in [0.25, 0.3) is 5.76 Å². The topological polar surface area (TPSA) is 55.4 Å². The van der Waals surface area contributed by atoms with Crippen LogP contribution in [0.5, 0.6) is 0 Å². The first-order valence-corrected chi connectivity index (χ1v) is 8.08. The van der Waals surface area contributed by atoms with Gasteiger partial charge in [0.1, 0.15) is 0 Å². The molecule has 0 aliphatic heterocycles. The molecule has 0 saturated carbocycles. The highest BCUT2D eigenvalue weighted by Gasteiger charge is 2.06. The number of carbonyl (C=O) groups is 2. The van der Waals surface area contributed by atoms with Crippen LogP contribution in [0.4, 0.5) is 14.5 Å². The lowest BCUT2D eigenvalue weighted by Gasteiger charge is -2.05. The zero-order chi connectivity index (χ0) is 18.2. The average molecular weight is 363 g/mol. The van der Waals surface area contributed by atoms with Crippen molar-refractivity contribution in [3.8, 4) is 0 Å². The van der Waals surface area contributed by atoms with Gasteiger partial charge in [-0.2, -0.15) is 8.78 Å². The summed E-state index contributed by atoms with van der Waals surface area (Å²) in [5.74, 6) is -3.34. The minimum atomic E-state index is -2.51. The summed E-state index contributed by atoms with van der Waals surface area (Å²) in [6.45, 7) is 0. The van der Waals surface area contributed by atoms with E-state index < -0.39 is 17.6 Å². The lowest BCUT2D eigenvalue weighted by Crippen LogP contribution is -2.07. The quantitative estimate of drug-likeness (QED) is 0.468. The number of methoxy groups -OCH3 is 1. The summed E-state index contributed by atoms with van der Waals surface area (Å²) in [6, 6.07) is 12.8. The van der Waals surface area contributed by atoms with Gasteiger partial charge in [-0.25, -0.2) is 4.79 Å². The van der Waals surface area contributed by atoms with Crippen molar-refractivity contribution in [1.29, 1.82) is 0 Å². The van der Waals surface area contributed by atoms with Crippen LogP contribution >= 0.6 is 11.8 Å².